The molecule has 0 heterocycles. The Bertz CT molecular complexity index is 1140. The zero-order valence-corrected chi connectivity index (χ0v) is 27.5. The molecule has 0 saturated carbocycles. The van der Waals surface area contributed by atoms with E-state index in [2.05, 4.69) is 0 Å². The fourth-order valence-corrected chi connectivity index (χ4v) is 5.02. The van der Waals surface area contributed by atoms with E-state index in [-0.39, 0.29) is 13.0 Å². The summed E-state index contributed by atoms with van der Waals surface area (Å²) in [5, 5.41) is 21.7. The Labute approximate surface area is 255 Å². The number of hydrogen-bond acceptors (Lipinski definition) is 9. The maximum absolute atomic E-state index is 14.9. The molecule has 0 aliphatic rings. The minimum Gasteiger partial charge on any atom is -0.457 e. The third kappa shape index (κ3) is 8.41. The topological polar surface area (TPSA) is 151 Å². The van der Waals surface area contributed by atoms with Crippen molar-refractivity contribution in [1.29, 1.82) is 0 Å². The summed E-state index contributed by atoms with van der Waals surface area (Å²) in [4.78, 5) is 71.2. The number of nitrogens with zero attached hydrogens (tertiary/aromatic N) is 2. The minimum atomic E-state index is -2.88. The lowest BCUT2D eigenvalue weighted by atomic mass is 9.67. The van der Waals surface area contributed by atoms with Crippen LogP contribution in [0.1, 0.15) is 80.7 Å². The predicted octanol–water partition coefficient (Wildman–Crippen LogP) is 3.52. The molecule has 1 rings (SSSR count). The lowest BCUT2D eigenvalue weighted by Crippen LogP contribution is -2.74. The number of carbonyl (C=O) groups is 5. The Morgan fingerprint density at radius 2 is 1.44 bits per heavy atom. The highest BCUT2D eigenvalue weighted by molar-refractivity contribution is 6.24. The summed E-state index contributed by atoms with van der Waals surface area (Å²) in [6.07, 6.45) is -1.95. The molecule has 0 fully saturated rings. The molecule has 2 N–H and O–H groups in total. The number of esters is 1. The van der Waals surface area contributed by atoms with Crippen molar-refractivity contribution >= 4 is 29.5 Å². The van der Waals surface area contributed by atoms with Crippen LogP contribution in [-0.2, 0) is 35.3 Å². The average molecular weight is 607 g/mol. The maximum Gasteiger partial charge on any atom is 0.410 e. The molecule has 0 radical (unpaired) electrons. The molecule has 11 heteroatoms. The molecule has 0 spiro atoms. The van der Waals surface area contributed by atoms with Gasteiger partial charge in [-0.1, -0.05) is 70.9 Å². The number of aliphatic hydroxyl groups excluding tert-OH is 1. The van der Waals surface area contributed by atoms with Crippen LogP contribution in [0, 0.1) is 11.8 Å². The van der Waals surface area contributed by atoms with Crippen LogP contribution in [0.3, 0.4) is 0 Å². The first kappa shape index (κ1) is 37.7. The number of carbonyl (C=O) groups excluding carboxylic acids is 5. The Balaban J connectivity index is 3.90. The van der Waals surface area contributed by atoms with Crippen molar-refractivity contribution in [2.45, 2.75) is 111 Å². The highest BCUT2D eigenvalue weighted by Crippen LogP contribution is 2.38. The van der Waals surface area contributed by atoms with Crippen molar-refractivity contribution in [3.8, 4) is 0 Å². The molecule has 0 aliphatic carbocycles. The maximum atomic E-state index is 14.9. The van der Waals surface area contributed by atoms with E-state index in [1.165, 1.54) is 27.9 Å². The Morgan fingerprint density at radius 1 is 0.907 bits per heavy atom. The van der Waals surface area contributed by atoms with Crippen LogP contribution < -0.4 is 0 Å². The van der Waals surface area contributed by atoms with Crippen molar-refractivity contribution in [1.82, 2.24) is 9.80 Å². The standard InChI is InChI=1S/C32H50N2O9/c1-12-20(3)24(33(10)29(40)42-19-23-17-15-14-16-18-23)25(36)32(21(4)13-2,34(11)26(37)22(5)35)27(38)31(9,41)28(39)43-30(6,7)8/h14-18,20-22,24,35,41H,12-13,19H2,1-11H3/t20-,21-,22+,24-,31-,32+/m0/s1. The number of ether oxygens (including phenoxy) is 2. The molecule has 6 atom stereocenters. The van der Waals surface area contributed by atoms with Gasteiger partial charge in [0.25, 0.3) is 5.91 Å². The first-order valence-corrected chi connectivity index (χ1v) is 14.7. The van der Waals surface area contributed by atoms with Gasteiger partial charge in [0.2, 0.25) is 11.4 Å². The van der Waals surface area contributed by atoms with Crippen LogP contribution in [0.25, 0.3) is 0 Å². The smallest absolute Gasteiger partial charge is 0.410 e. The molecular formula is C32H50N2O9. The van der Waals surface area contributed by atoms with Gasteiger partial charge in [0.1, 0.15) is 18.3 Å². The van der Waals surface area contributed by atoms with Crippen molar-refractivity contribution < 1.29 is 43.7 Å². The fraction of sp³-hybridized carbons (Fsp3) is 0.656. The van der Waals surface area contributed by atoms with Gasteiger partial charge in [-0.25, -0.2) is 9.59 Å². The van der Waals surface area contributed by atoms with Gasteiger partial charge in [-0.3, -0.25) is 14.4 Å². The molecule has 1 aromatic carbocycles. The highest BCUT2D eigenvalue weighted by Gasteiger charge is 2.64. The van der Waals surface area contributed by atoms with Crippen LogP contribution in [0.15, 0.2) is 30.3 Å². The molecule has 0 bridgehead atoms. The van der Waals surface area contributed by atoms with Gasteiger partial charge < -0.3 is 29.5 Å². The largest absolute Gasteiger partial charge is 0.457 e. The summed E-state index contributed by atoms with van der Waals surface area (Å²) in [7, 11) is 2.53. The molecule has 2 amide bonds. The number of rotatable bonds is 14. The third-order valence-corrected chi connectivity index (χ3v) is 7.86. The summed E-state index contributed by atoms with van der Waals surface area (Å²) in [6, 6.07) is 7.60. The van der Waals surface area contributed by atoms with Crippen LogP contribution in [0.5, 0.6) is 0 Å². The van der Waals surface area contributed by atoms with Gasteiger partial charge in [0, 0.05) is 14.1 Å². The molecule has 242 valence electrons. The number of amides is 2. The lowest BCUT2D eigenvalue weighted by molar-refractivity contribution is -0.186. The van der Waals surface area contributed by atoms with E-state index >= 15 is 0 Å². The van der Waals surface area contributed by atoms with Gasteiger partial charge >= 0.3 is 12.1 Å². The van der Waals surface area contributed by atoms with Crippen molar-refractivity contribution in [2.75, 3.05) is 14.1 Å². The molecule has 0 aliphatic heterocycles. The van der Waals surface area contributed by atoms with E-state index in [9.17, 15) is 34.2 Å². The lowest BCUT2D eigenvalue weighted by Gasteiger charge is -2.49. The van der Waals surface area contributed by atoms with Crippen molar-refractivity contribution in [3.63, 3.8) is 0 Å². The predicted molar refractivity (Wildman–Crippen MR) is 161 cm³/mol. The third-order valence-electron chi connectivity index (χ3n) is 7.86. The molecular weight excluding hydrogens is 556 g/mol. The summed E-state index contributed by atoms with van der Waals surface area (Å²) >= 11 is 0. The molecule has 0 saturated heterocycles. The summed E-state index contributed by atoms with van der Waals surface area (Å²) in [5.41, 5.74) is -5.75. The van der Waals surface area contributed by atoms with Crippen LogP contribution >= 0.6 is 0 Å². The quantitative estimate of drug-likeness (QED) is 0.239. The van der Waals surface area contributed by atoms with Gasteiger partial charge in [-0.05, 0) is 52.0 Å². The summed E-state index contributed by atoms with van der Waals surface area (Å²) < 4.78 is 10.8. The average Bonchev–Trinajstić information content (AvgIpc) is 2.94. The Hall–Kier alpha value is -3.31. The zero-order chi connectivity index (χ0) is 33.5. The van der Waals surface area contributed by atoms with Crippen molar-refractivity contribution in [2.24, 2.45) is 11.8 Å². The first-order valence-electron chi connectivity index (χ1n) is 14.7. The second-order valence-corrected chi connectivity index (χ2v) is 12.4. The van der Waals surface area contributed by atoms with Crippen LogP contribution in [-0.4, -0.2) is 92.5 Å². The minimum absolute atomic E-state index is 0.0748. The molecule has 0 unspecified atom stereocenters. The molecule has 11 nitrogen and oxygen atoms in total. The van der Waals surface area contributed by atoms with Crippen LogP contribution in [0.4, 0.5) is 4.79 Å². The summed E-state index contributed by atoms with van der Waals surface area (Å²) in [5.74, 6) is -6.03. The monoisotopic (exact) mass is 606 g/mol. The second-order valence-electron chi connectivity index (χ2n) is 12.4. The van der Waals surface area contributed by atoms with E-state index in [4.69, 9.17) is 9.47 Å². The zero-order valence-electron chi connectivity index (χ0n) is 27.5. The van der Waals surface area contributed by atoms with E-state index in [1.807, 2.05) is 6.07 Å². The van der Waals surface area contributed by atoms with Gasteiger partial charge in [0.05, 0.1) is 6.04 Å². The fourth-order valence-electron chi connectivity index (χ4n) is 5.02. The molecule has 1 aromatic rings. The van der Waals surface area contributed by atoms with Gasteiger partial charge in [-0.15, -0.1) is 0 Å². The number of aliphatic hydroxyl groups is 2. The first-order chi connectivity index (χ1) is 19.7. The normalized spacial score (nSPS) is 17.2. The molecule has 43 heavy (non-hydrogen) atoms. The van der Waals surface area contributed by atoms with Gasteiger partial charge in [0.15, 0.2) is 11.3 Å². The van der Waals surface area contributed by atoms with Gasteiger partial charge in [-0.2, -0.15) is 0 Å². The SMILES string of the molecule is CC[C@H](C)[C@@H](C(=O)[C@@](C(=O)[C@](C)(O)C(=O)OC(C)(C)C)([C@@H](C)CC)N(C)C(=O)[C@@H](C)O)N(C)C(=O)OCc1ccccc1. The number of Topliss-reactive ketones (excluding diaryl/α,β-unsaturated/α-hetero) is 2. The van der Waals surface area contributed by atoms with Crippen molar-refractivity contribution in [3.05, 3.63) is 35.9 Å². The number of ketones is 2. The van der Waals surface area contributed by atoms with E-state index in [0.717, 1.165) is 22.3 Å². The van der Waals surface area contributed by atoms with E-state index < -0.39 is 70.3 Å². The second kappa shape index (κ2) is 14.9. The Morgan fingerprint density at radius 3 is 1.88 bits per heavy atom. The van der Waals surface area contributed by atoms with E-state index in [1.54, 1.807) is 65.8 Å². The number of likely N-dealkylation sites (N-methyl/N-ethyl adjacent to an activating group) is 2. The number of hydrogen-bond donors (Lipinski definition) is 2. The summed E-state index contributed by atoms with van der Waals surface area (Å²) in [6.45, 7) is 13.4. The number of benzene rings is 1. The Kier molecular flexibility index (Phi) is 13.1. The highest BCUT2D eigenvalue weighted by atomic mass is 16.6. The van der Waals surface area contributed by atoms with E-state index in [0.29, 0.717) is 6.42 Å². The molecule has 0 aromatic heterocycles. The van der Waals surface area contributed by atoms with Crippen LogP contribution in [0.2, 0.25) is 0 Å².